The Balaban J connectivity index is 1.49. The third-order valence-electron chi connectivity index (χ3n) is 4.80. The van der Waals surface area contributed by atoms with Crippen LogP contribution in [0.25, 0.3) is 0 Å². The van der Waals surface area contributed by atoms with Gasteiger partial charge in [-0.2, -0.15) is 0 Å². The molecule has 0 spiro atoms. The molecule has 6 heteroatoms. The Hall–Kier alpha value is -2.44. The average molecular weight is 369 g/mol. The molecule has 1 amide bonds. The number of carbonyl (C=O) groups is 1. The van der Waals surface area contributed by atoms with Gasteiger partial charge in [0.1, 0.15) is 12.4 Å². The summed E-state index contributed by atoms with van der Waals surface area (Å²) in [4.78, 5) is 20.8. The maximum Gasteiger partial charge on any atom is 0.255 e. The Bertz CT molecular complexity index is 738. The number of aryl methyl sites for hydroxylation is 1. The van der Waals surface area contributed by atoms with Crippen LogP contribution in [-0.2, 0) is 11.3 Å². The van der Waals surface area contributed by atoms with E-state index >= 15 is 0 Å². The van der Waals surface area contributed by atoms with Gasteiger partial charge in [-0.3, -0.25) is 14.7 Å². The predicted molar refractivity (Wildman–Crippen MR) is 103 cm³/mol. The molecule has 0 radical (unpaired) electrons. The molecular weight excluding hydrogens is 342 g/mol. The summed E-state index contributed by atoms with van der Waals surface area (Å²) in [6.07, 6.45) is 3.39. The number of ether oxygens (including phenoxy) is 1. The number of aliphatic hydroxyl groups excluding tert-OH is 1. The minimum absolute atomic E-state index is 0.0282. The number of aliphatic hydroxyl groups is 1. The molecule has 0 saturated carbocycles. The molecule has 1 aromatic carbocycles. The van der Waals surface area contributed by atoms with Crippen LogP contribution < -0.4 is 4.74 Å². The molecule has 1 aliphatic rings. The van der Waals surface area contributed by atoms with E-state index in [9.17, 15) is 9.90 Å². The van der Waals surface area contributed by atoms with E-state index in [0.29, 0.717) is 18.8 Å². The first-order chi connectivity index (χ1) is 13.1. The number of rotatable bonds is 6. The van der Waals surface area contributed by atoms with Crippen molar-refractivity contribution in [3.8, 4) is 5.75 Å². The summed E-state index contributed by atoms with van der Waals surface area (Å²) in [6.45, 7) is 5.72. The van der Waals surface area contributed by atoms with Crippen LogP contribution in [-0.4, -0.2) is 64.7 Å². The summed E-state index contributed by atoms with van der Waals surface area (Å²) in [6, 6.07) is 11.6. The predicted octanol–water partition coefficient (Wildman–Crippen LogP) is 1.86. The van der Waals surface area contributed by atoms with Crippen LogP contribution in [0.4, 0.5) is 0 Å². The van der Waals surface area contributed by atoms with Crippen molar-refractivity contribution in [1.82, 2.24) is 14.8 Å². The van der Waals surface area contributed by atoms with E-state index in [-0.39, 0.29) is 12.5 Å². The summed E-state index contributed by atoms with van der Waals surface area (Å²) in [5.41, 5.74) is 2.15. The fourth-order valence-electron chi connectivity index (χ4n) is 3.27. The zero-order valence-corrected chi connectivity index (χ0v) is 15.8. The van der Waals surface area contributed by atoms with Crippen molar-refractivity contribution in [2.45, 2.75) is 26.0 Å². The lowest BCUT2D eigenvalue weighted by Gasteiger charge is -2.24. The van der Waals surface area contributed by atoms with Crippen LogP contribution in [0, 0.1) is 6.92 Å². The van der Waals surface area contributed by atoms with Gasteiger partial charge in [0.25, 0.3) is 5.91 Å². The standard InChI is InChI=1S/C21H27N3O3/c1-17-6-2-3-8-20(17)27-16-19(25)21(26)24-11-5-10-23(12-13-24)15-18-7-4-9-22-14-18/h2-4,6-9,14,19,25H,5,10-13,15-16H2,1H3/t19-/m0/s1. The molecule has 0 bridgehead atoms. The fourth-order valence-corrected chi connectivity index (χ4v) is 3.27. The molecule has 6 nitrogen and oxygen atoms in total. The molecule has 0 unspecified atom stereocenters. The van der Waals surface area contributed by atoms with Crippen molar-refractivity contribution in [3.05, 3.63) is 59.9 Å². The summed E-state index contributed by atoms with van der Waals surface area (Å²) >= 11 is 0. The van der Waals surface area contributed by atoms with E-state index in [2.05, 4.69) is 16.0 Å². The van der Waals surface area contributed by atoms with E-state index in [1.165, 1.54) is 5.56 Å². The summed E-state index contributed by atoms with van der Waals surface area (Å²) < 4.78 is 5.63. The molecule has 3 rings (SSSR count). The maximum absolute atomic E-state index is 12.6. The van der Waals surface area contributed by atoms with Crippen LogP contribution in [0.15, 0.2) is 48.8 Å². The lowest BCUT2D eigenvalue weighted by molar-refractivity contribution is -0.141. The third-order valence-corrected chi connectivity index (χ3v) is 4.80. The Labute approximate surface area is 160 Å². The number of carbonyl (C=O) groups excluding carboxylic acids is 1. The first-order valence-corrected chi connectivity index (χ1v) is 9.40. The molecule has 1 fully saturated rings. The van der Waals surface area contributed by atoms with Gasteiger partial charge in [0, 0.05) is 45.1 Å². The van der Waals surface area contributed by atoms with Crippen LogP contribution in [0.1, 0.15) is 17.5 Å². The number of hydrogen-bond donors (Lipinski definition) is 1. The van der Waals surface area contributed by atoms with Gasteiger partial charge < -0.3 is 14.7 Å². The van der Waals surface area contributed by atoms with E-state index in [0.717, 1.165) is 31.6 Å². The second-order valence-corrected chi connectivity index (χ2v) is 6.91. The molecule has 1 saturated heterocycles. The van der Waals surface area contributed by atoms with Gasteiger partial charge in [-0.15, -0.1) is 0 Å². The topological polar surface area (TPSA) is 65.9 Å². The lowest BCUT2D eigenvalue weighted by atomic mass is 10.2. The van der Waals surface area contributed by atoms with E-state index < -0.39 is 6.10 Å². The molecule has 144 valence electrons. The highest BCUT2D eigenvalue weighted by Gasteiger charge is 2.25. The number of hydrogen-bond acceptors (Lipinski definition) is 5. The molecule has 2 aromatic rings. The van der Waals surface area contributed by atoms with Crippen molar-refractivity contribution < 1.29 is 14.6 Å². The lowest BCUT2D eigenvalue weighted by Crippen LogP contribution is -2.43. The van der Waals surface area contributed by atoms with Crippen molar-refractivity contribution in [2.24, 2.45) is 0 Å². The Morgan fingerprint density at radius 3 is 2.81 bits per heavy atom. The molecule has 1 atom stereocenters. The largest absolute Gasteiger partial charge is 0.490 e. The van der Waals surface area contributed by atoms with Crippen LogP contribution in [0.2, 0.25) is 0 Å². The van der Waals surface area contributed by atoms with Gasteiger partial charge in [0.2, 0.25) is 0 Å². The highest BCUT2D eigenvalue weighted by Crippen LogP contribution is 2.17. The first-order valence-electron chi connectivity index (χ1n) is 9.40. The van der Waals surface area contributed by atoms with Crippen LogP contribution in [0.3, 0.4) is 0 Å². The fraction of sp³-hybridized carbons (Fsp3) is 0.429. The minimum atomic E-state index is -1.14. The van der Waals surface area contributed by atoms with E-state index in [4.69, 9.17) is 4.74 Å². The normalized spacial score (nSPS) is 16.6. The zero-order chi connectivity index (χ0) is 19.1. The van der Waals surface area contributed by atoms with Gasteiger partial charge in [-0.1, -0.05) is 24.3 Å². The van der Waals surface area contributed by atoms with Gasteiger partial charge in [0.05, 0.1) is 0 Å². The Morgan fingerprint density at radius 2 is 2.04 bits per heavy atom. The highest BCUT2D eigenvalue weighted by molar-refractivity contribution is 5.80. The number of nitrogens with zero attached hydrogens (tertiary/aromatic N) is 3. The Morgan fingerprint density at radius 1 is 1.19 bits per heavy atom. The van der Waals surface area contributed by atoms with Crippen molar-refractivity contribution in [2.75, 3.05) is 32.8 Å². The minimum Gasteiger partial charge on any atom is -0.490 e. The van der Waals surface area contributed by atoms with Gasteiger partial charge >= 0.3 is 0 Å². The molecule has 1 aliphatic heterocycles. The summed E-state index contributed by atoms with van der Waals surface area (Å²) in [7, 11) is 0. The number of amides is 1. The number of aromatic nitrogens is 1. The van der Waals surface area contributed by atoms with E-state index in [1.54, 1.807) is 11.1 Å². The van der Waals surface area contributed by atoms with Gasteiger partial charge in [-0.25, -0.2) is 0 Å². The van der Waals surface area contributed by atoms with E-state index in [1.807, 2.05) is 43.5 Å². The second kappa shape index (κ2) is 9.48. The summed E-state index contributed by atoms with van der Waals surface area (Å²) in [5.74, 6) is 0.440. The zero-order valence-electron chi connectivity index (χ0n) is 15.8. The molecule has 2 heterocycles. The SMILES string of the molecule is Cc1ccccc1OC[C@H](O)C(=O)N1CCCN(Cc2cccnc2)CC1. The molecule has 27 heavy (non-hydrogen) atoms. The number of para-hydroxylation sites is 1. The van der Waals surface area contributed by atoms with Crippen LogP contribution in [0.5, 0.6) is 5.75 Å². The smallest absolute Gasteiger partial charge is 0.255 e. The Kier molecular flexibility index (Phi) is 6.79. The highest BCUT2D eigenvalue weighted by atomic mass is 16.5. The molecule has 0 aliphatic carbocycles. The van der Waals surface area contributed by atoms with Crippen molar-refractivity contribution in [3.63, 3.8) is 0 Å². The van der Waals surface area contributed by atoms with Crippen molar-refractivity contribution >= 4 is 5.91 Å². The third kappa shape index (κ3) is 5.52. The van der Waals surface area contributed by atoms with Gasteiger partial charge in [-0.05, 0) is 36.6 Å². The monoisotopic (exact) mass is 369 g/mol. The molecule has 1 aromatic heterocycles. The van der Waals surface area contributed by atoms with Gasteiger partial charge in [0.15, 0.2) is 6.10 Å². The first kappa shape index (κ1) is 19.3. The number of pyridine rings is 1. The molecule has 1 N–H and O–H groups in total. The second-order valence-electron chi connectivity index (χ2n) is 6.91. The molecular formula is C21H27N3O3. The summed E-state index contributed by atoms with van der Waals surface area (Å²) in [5, 5.41) is 10.3. The maximum atomic E-state index is 12.6. The van der Waals surface area contributed by atoms with Crippen LogP contribution >= 0.6 is 0 Å². The number of benzene rings is 1. The van der Waals surface area contributed by atoms with Crippen molar-refractivity contribution in [1.29, 1.82) is 0 Å². The average Bonchev–Trinajstić information content (AvgIpc) is 2.93. The quantitative estimate of drug-likeness (QED) is 0.842.